The van der Waals surface area contributed by atoms with E-state index in [4.69, 9.17) is 34.0 Å². The highest BCUT2D eigenvalue weighted by Gasteiger charge is 2.26. The lowest BCUT2D eigenvalue weighted by Crippen LogP contribution is -2.37. The molecule has 1 aromatic heterocycles. The van der Waals surface area contributed by atoms with Crippen molar-refractivity contribution in [1.82, 2.24) is 4.98 Å². The van der Waals surface area contributed by atoms with Crippen molar-refractivity contribution in [2.24, 2.45) is 5.73 Å². The highest BCUT2D eigenvalue weighted by atomic mass is 35.5. The molecule has 0 aliphatic heterocycles. The fourth-order valence-electron chi connectivity index (χ4n) is 1.00. The summed E-state index contributed by atoms with van der Waals surface area (Å²) in [7, 11) is 0. The minimum Gasteiger partial charge on any atom is -0.394 e. The van der Waals surface area contributed by atoms with Gasteiger partial charge in [0, 0.05) is 11.8 Å². The molecule has 3 nitrogen and oxygen atoms in total. The highest BCUT2D eigenvalue weighted by molar-refractivity contribution is 6.35. The molecule has 0 amide bonds. The molecule has 1 rings (SSSR count). The molecule has 1 heterocycles. The summed E-state index contributed by atoms with van der Waals surface area (Å²) in [6.07, 6.45) is 1.49. The molecular formula is C8H10Cl2N2O. The van der Waals surface area contributed by atoms with Crippen LogP contribution in [0, 0.1) is 0 Å². The van der Waals surface area contributed by atoms with Gasteiger partial charge in [0.1, 0.15) is 5.15 Å². The van der Waals surface area contributed by atoms with E-state index in [-0.39, 0.29) is 11.8 Å². The summed E-state index contributed by atoms with van der Waals surface area (Å²) in [5.41, 5.74) is 5.30. The third-order valence-electron chi connectivity index (χ3n) is 1.75. The molecule has 0 aliphatic rings. The van der Waals surface area contributed by atoms with Crippen molar-refractivity contribution >= 4 is 23.2 Å². The molecule has 0 saturated heterocycles. The molecule has 0 unspecified atom stereocenters. The molecule has 0 aliphatic carbocycles. The summed E-state index contributed by atoms with van der Waals surface area (Å²) >= 11 is 11.7. The molecular weight excluding hydrogens is 211 g/mol. The molecule has 5 heteroatoms. The number of rotatable bonds is 2. The highest BCUT2D eigenvalue weighted by Crippen LogP contribution is 2.30. The van der Waals surface area contributed by atoms with Gasteiger partial charge in [-0.3, -0.25) is 0 Å². The van der Waals surface area contributed by atoms with Gasteiger partial charge in [0.15, 0.2) is 0 Å². The van der Waals surface area contributed by atoms with Gasteiger partial charge in [-0.25, -0.2) is 4.98 Å². The smallest absolute Gasteiger partial charge is 0.135 e. The molecule has 0 fully saturated rings. The number of pyridine rings is 1. The fourth-order valence-corrected chi connectivity index (χ4v) is 1.79. The molecule has 3 N–H and O–H groups in total. The molecule has 1 atom stereocenters. The first-order valence-corrected chi connectivity index (χ1v) is 4.45. The number of aromatic nitrogens is 1. The Morgan fingerprint density at radius 3 is 2.69 bits per heavy atom. The SMILES string of the molecule is C[C@](N)(CO)c1c(Cl)ccnc1Cl. The van der Waals surface area contributed by atoms with Crippen molar-refractivity contribution in [3.63, 3.8) is 0 Å². The van der Waals surface area contributed by atoms with Crippen LogP contribution in [-0.2, 0) is 5.54 Å². The van der Waals surface area contributed by atoms with Crippen molar-refractivity contribution in [2.75, 3.05) is 6.61 Å². The normalized spacial score (nSPS) is 15.5. The van der Waals surface area contributed by atoms with Crippen LogP contribution >= 0.6 is 23.2 Å². The second-order valence-electron chi connectivity index (χ2n) is 3.03. The quantitative estimate of drug-likeness (QED) is 0.745. The predicted molar refractivity (Wildman–Crippen MR) is 52.9 cm³/mol. The topological polar surface area (TPSA) is 59.1 Å². The number of aliphatic hydroxyl groups excluding tert-OH is 1. The van der Waals surface area contributed by atoms with Crippen LogP contribution in [0.5, 0.6) is 0 Å². The van der Waals surface area contributed by atoms with Gasteiger partial charge in [-0.05, 0) is 13.0 Å². The van der Waals surface area contributed by atoms with Gasteiger partial charge in [0.05, 0.1) is 17.2 Å². The van der Waals surface area contributed by atoms with Crippen LogP contribution in [0.25, 0.3) is 0 Å². The van der Waals surface area contributed by atoms with Crippen LogP contribution in [0.4, 0.5) is 0 Å². The van der Waals surface area contributed by atoms with Crippen LogP contribution < -0.4 is 5.73 Å². The summed E-state index contributed by atoms with van der Waals surface area (Å²) in [5, 5.41) is 9.67. The Morgan fingerprint density at radius 1 is 1.62 bits per heavy atom. The lowest BCUT2D eigenvalue weighted by Gasteiger charge is -2.23. The van der Waals surface area contributed by atoms with E-state index in [9.17, 15) is 0 Å². The zero-order chi connectivity index (χ0) is 10.1. The van der Waals surface area contributed by atoms with Gasteiger partial charge in [-0.1, -0.05) is 23.2 Å². The lowest BCUT2D eigenvalue weighted by molar-refractivity contribution is 0.210. The Bertz CT molecular complexity index is 295. The Labute approximate surface area is 86.5 Å². The predicted octanol–water partition coefficient (Wildman–Crippen LogP) is 1.55. The Morgan fingerprint density at radius 2 is 2.23 bits per heavy atom. The molecule has 0 bridgehead atoms. The van der Waals surface area contributed by atoms with Crippen LogP contribution in [0.2, 0.25) is 10.2 Å². The van der Waals surface area contributed by atoms with Crippen molar-refractivity contribution in [3.8, 4) is 0 Å². The lowest BCUT2D eigenvalue weighted by atomic mass is 9.96. The van der Waals surface area contributed by atoms with Crippen LogP contribution in [-0.4, -0.2) is 16.7 Å². The molecule has 0 aromatic carbocycles. The van der Waals surface area contributed by atoms with Gasteiger partial charge in [-0.15, -0.1) is 0 Å². The average Bonchev–Trinajstić information content (AvgIpc) is 2.03. The Kier molecular flexibility index (Phi) is 3.14. The number of hydrogen-bond acceptors (Lipinski definition) is 3. The van der Waals surface area contributed by atoms with Gasteiger partial charge < -0.3 is 10.8 Å². The van der Waals surface area contributed by atoms with Gasteiger partial charge in [-0.2, -0.15) is 0 Å². The minimum atomic E-state index is -0.956. The van der Waals surface area contributed by atoms with E-state index in [0.29, 0.717) is 10.6 Å². The van der Waals surface area contributed by atoms with E-state index in [1.54, 1.807) is 13.0 Å². The summed E-state index contributed by atoms with van der Waals surface area (Å²) in [4.78, 5) is 3.84. The maximum Gasteiger partial charge on any atom is 0.135 e. The second kappa shape index (κ2) is 3.80. The molecule has 13 heavy (non-hydrogen) atoms. The third kappa shape index (κ3) is 2.11. The van der Waals surface area contributed by atoms with E-state index >= 15 is 0 Å². The van der Waals surface area contributed by atoms with E-state index in [2.05, 4.69) is 4.98 Å². The van der Waals surface area contributed by atoms with Crippen molar-refractivity contribution in [1.29, 1.82) is 0 Å². The van der Waals surface area contributed by atoms with Gasteiger partial charge >= 0.3 is 0 Å². The van der Waals surface area contributed by atoms with Gasteiger partial charge in [0.25, 0.3) is 0 Å². The maximum atomic E-state index is 9.03. The van der Waals surface area contributed by atoms with E-state index in [1.807, 2.05) is 0 Å². The molecule has 72 valence electrons. The Hall–Kier alpha value is -0.350. The molecule has 0 saturated carbocycles. The first-order chi connectivity index (χ1) is 5.99. The standard InChI is InChI=1S/C8H10Cl2N2O/c1-8(11,4-13)6-5(9)2-3-12-7(6)10/h2-3,13H,4,11H2,1H3/t8-/m0/s1. The summed E-state index contributed by atoms with van der Waals surface area (Å²) in [6.45, 7) is 1.40. The Balaban J connectivity index is 3.28. The second-order valence-corrected chi connectivity index (χ2v) is 3.80. The average molecular weight is 221 g/mol. The number of halogens is 2. The zero-order valence-electron chi connectivity index (χ0n) is 7.09. The number of hydrogen-bond donors (Lipinski definition) is 2. The first kappa shape index (κ1) is 10.7. The van der Waals surface area contributed by atoms with Crippen LogP contribution in [0.15, 0.2) is 12.3 Å². The summed E-state index contributed by atoms with van der Waals surface area (Å²) in [5.74, 6) is 0. The largest absolute Gasteiger partial charge is 0.394 e. The van der Waals surface area contributed by atoms with Crippen molar-refractivity contribution in [3.05, 3.63) is 28.0 Å². The molecule has 1 aromatic rings. The maximum absolute atomic E-state index is 9.03. The van der Waals surface area contributed by atoms with Gasteiger partial charge in [0.2, 0.25) is 0 Å². The summed E-state index contributed by atoms with van der Waals surface area (Å²) in [6, 6.07) is 1.59. The van der Waals surface area contributed by atoms with Crippen LogP contribution in [0.1, 0.15) is 12.5 Å². The number of nitrogens with zero attached hydrogens (tertiary/aromatic N) is 1. The van der Waals surface area contributed by atoms with E-state index < -0.39 is 5.54 Å². The van der Waals surface area contributed by atoms with E-state index in [1.165, 1.54) is 6.20 Å². The first-order valence-electron chi connectivity index (χ1n) is 3.69. The number of aliphatic hydroxyl groups is 1. The van der Waals surface area contributed by atoms with Crippen molar-refractivity contribution < 1.29 is 5.11 Å². The van der Waals surface area contributed by atoms with Crippen molar-refractivity contribution in [2.45, 2.75) is 12.5 Å². The minimum absolute atomic E-state index is 0.228. The fraction of sp³-hybridized carbons (Fsp3) is 0.375. The molecule has 0 radical (unpaired) electrons. The zero-order valence-corrected chi connectivity index (χ0v) is 8.60. The monoisotopic (exact) mass is 220 g/mol. The van der Waals surface area contributed by atoms with Crippen LogP contribution in [0.3, 0.4) is 0 Å². The third-order valence-corrected chi connectivity index (χ3v) is 2.35. The summed E-state index contributed by atoms with van der Waals surface area (Å²) < 4.78 is 0. The molecule has 0 spiro atoms. The number of nitrogens with two attached hydrogens (primary N) is 1. The van der Waals surface area contributed by atoms with E-state index in [0.717, 1.165) is 0 Å².